The fourth-order valence-electron chi connectivity index (χ4n) is 0.812. The highest BCUT2D eigenvalue weighted by Gasteiger charge is 2.13. The summed E-state index contributed by atoms with van der Waals surface area (Å²) in [7, 11) is 0. The molecule has 13 heavy (non-hydrogen) atoms. The SMILES string of the molecule is CCONC(=O)c1sc(N)nc1C. The first-order valence-electron chi connectivity index (χ1n) is 3.80. The maximum Gasteiger partial charge on any atom is 0.286 e. The molecule has 0 saturated carbocycles. The van der Waals surface area contributed by atoms with Crippen LogP contribution in [0.3, 0.4) is 0 Å². The number of nitrogen functional groups attached to an aromatic ring is 1. The molecular formula is C7H11N3O2S. The Kier molecular flexibility index (Phi) is 3.21. The van der Waals surface area contributed by atoms with E-state index >= 15 is 0 Å². The number of nitrogens with one attached hydrogen (secondary N) is 1. The van der Waals surface area contributed by atoms with Crippen molar-refractivity contribution in [3.63, 3.8) is 0 Å². The third-order valence-corrected chi connectivity index (χ3v) is 2.31. The highest BCUT2D eigenvalue weighted by Crippen LogP contribution is 2.18. The van der Waals surface area contributed by atoms with Gasteiger partial charge in [0.25, 0.3) is 5.91 Å². The predicted molar refractivity (Wildman–Crippen MR) is 50.4 cm³/mol. The van der Waals surface area contributed by atoms with Crippen LogP contribution in [0.25, 0.3) is 0 Å². The average molecular weight is 201 g/mol. The molecule has 0 aromatic carbocycles. The molecule has 0 aliphatic carbocycles. The zero-order valence-corrected chi connectivity index (χ0v) is 8.27. The van der Waals surface area contributed by atoms with Crippen molar-refractivity contribution < 1.29 is 9.63 Å². The van der Waals surface area contributed by atoms with Crippen LogP contribution in [0.1, 0.15) is 22.3 Å². The number of hydroxylamine groups is 1. The van der Waals surface area contributed by atoms with E-state index in [-0.39, 0.29) is 5.91 Å². The third-order valence-electron chi connectivity index (χ3n) is 1.33. The molecule has 0 unspecified atom stereocenters. The van der Waals surface area contributed by atoms with Crippen LogP contribution in [0, 0.1) is 6.92 Å². The summed E-state index contributed by atoms with van der Waals surface area (Å²) in [6.07, 6.45) is 0. The van der Waals surface area contributed by atoms with E-state index in [2.05, 4.69) is 10.5 Å². The summed E-state index contributed by atoms with van der Waals surface area (Å²) in [6, 6.07) is 0. The normalized spacial score (nSPS) is 10.0. The molecule has 72 valence electrons. The van der Waals surface area contributed by atoms with Gasteiger partial charge in [-0.15, -0.1) is 0 Å². The zero-order valence-electron chi connectivity index (χ0n) is 7.46. The van der Waals surface area contributed by atoms with E-state index in [1.54, 1.807) is 13.8 Å². The van der Waals surface area contributed by atoms with E-state index in [0.29, 0.717) is 22.3 Å². The topological polar surface area (TPSA) is 77.2 Å². The minimum absolute atomic E-state index is 0.298. The van der Waals surface area contributed by atoms with Gasteiger partial charge in [-0.1, -0.05) is 11.3 Å². The second kappa shape index (κ2) is 4.20. The van der Waals surface area contributed by atoms with Crippen LogP contribution in [-0.2, 0) is 4.84 Å². The zero-order chi connectivity index (χ0) is 9.84. The Hall–Kier alpha value is -1.14. The van der Waals surface area contributed by atoms with Crippen molar-refractivity contribution in [2.75, 3.05) is 12.3 Å². The predicted octanol–water partition coefficient (Wildman–Crippen LogP) is 0.715. The molecule has 3 N–H and O–H groups in total. The van der Waals surface area contributed by atoms with Crippen molar-refractivity contribution in [2.24, 2.45) is 0 Å². The Morgan fingerprint density at radius 1 is 1.77 bits per heavy atom. The summed E-state index contributed by atoms with van der Waals surface area (Å²) in [5, 5.41) is 0.388. The first-order chi connectivity index (χ1) is 6.15. The van der Waals surface area contributed by atoms with Gasteiger partial charge < -0.3 is 5.73 Å². The average Bonchev–Trinajstić information content (AvgIpc) is 2.41. The molecule has 5 nitrogen and oxygen atoms in total. The van der Waals surface area contributed by atoms with Gasteiger partial charge in [-0.2, -0.15) is 0 Å². The van der Waals surface area contributed by atoms with Gasteiger partial charge in [-0.3, -0.25) is 9.63 Å². The Morgan fingerprint density at radius 3 is 2.92 bits per heavy atom. The van der Waals surface area contributed by atoms with Crippen molar-refractivity contribution in [3.05, 3.63) is 10.6 Å². The molecular weight excluding hydrogens is 190 g/mol. The molecule has 0 fully saturated rings. The monoisotopic (exact) mass is 201 g/mol. The van der Waals surface area contributed by atoms with E-state index in [4.69, 9.17) is 10.6 Å². The van der Waals surface area contributed by atoms with Crippen LogP contribution < -0.4 is 11.2 Å². The lowest BCUT2D eigenvalue weighted by molar-refractivity contribution is 0.0367. The molecule has 0 aliphatic heterocycles. The van der Waals surface area contributed by atoms with Gasteiger partial charge in [-0.05, 0) is 13.8 Å². The van der Waals surface area contributed by atoms with Gasteiger partial charge in [0.05, 0.1) is 12.3 Å². The number of thiazole rings is 1. The number of nitrogens with zero attached hydrogens (tertiary/aromatic N) is 1. The summed E-state index contributed by atoms with van der Waals surface area (Å²) < 4.78 is 0. The highest BCUT2D eigenvalue weighted by atomic mass is 32.1. The van der Waals surface area contributed by atoms with Crippen molar-refractivity contribution in [3.8, 4) is 0 Å². The first-order valence-corrected chi connectivity index (χ1v) is 4.61. The number of carbonyl (C=O) groups excluding carboxylic acids is 1. The summed E-state index contributed by atoms with van der Waals surface area (Å²) in [5.74, 6) is -0.298. The van der Waals surface area contributed by atoms with Crippen LogP contribution in [0.2, 0.25) is 0 Å². The van der Waals surface area contributed by atoms with Crippen molar-refractivity contribution in [1.29, 1.82) is 0 Å². The van der Waals surface area contributed by atoms with Crippen molar-refractivity contribution in [1.82, 2.24) is 10.5 Å². The van der Waals surface area contributed by atoms with Gasteiger partial charge >= 0.3 is 0 Å². The van der Waals surface area contributed by atoms with Gasteiger partial charge in [0, 0.05) is 0 Å². The Balaban J connectivity index is 2.70. The lowest BCUT2D eigenvalue weighted by Crippen LogP contribution is -2.23. The van der Waals surface area contributed by atoms with E-state index in [1.165, 1.54) is 0 Å². The molecule has 0 saturated heterocycles. The number of rotatable bonds is 3. The van der Waals surface area contributed by atoms with Crippen molar-refractivity contribution >= 4 is 22.4 Å². The molecule has 1 heterocycles. The first kappa shape index (κ1) is 9.94. The Labute approximate surface area is 79.9 Å². The summed E-state index contributed by atoms with van der Waals surface area (Å²) >= 11 is 1.15. The van der Waals surface area contributed by atoms with Gasteiger partial charge in [0.1, 0.15) is 4.88 Å². The maximum atomic E-state index is 11.3. The summed E-state index contributed by atoms with van der Waals surface area (Å²) in [4.78, 5) is 20.5. The molecule has 1 amide bonds. The van der Waals surface area contributed by atoms with Crippen molar-refractivity contribution in [2.45, 2.75) is 13.8 Å². The van der Waals surface area contributed by atoms with Gasteiger partial charge in [-0.25, -0.2) is 10.5 Å². The summed E-state index contributed by atoms with van der Waals surface area (Å²) in [5.41, 5.74) is 8.34. The van der Waals surface area contributed by atoms with Gasteiger partial charge in [0.15, 0.2) is 5.13 Å². The molecule has 0 radical (unpaired) electrons. The number of nitrogens with two attached hydrogens (primary N) is 1. The Morgan fingerprint density at radius 2 is 2.46 bits per heavy atom. The van der Waals surface area contributed by atoms with E-state index in [1.807, 2.05) is 0 Å². The molecule has 0 atom stereocenters. The Bertz CT molecular complexity index is 311. The van der Waals surface area contributed by atoms with Gasteiger partial charge in [0.2, 0.25) is 0 Å². The lowest BCUT2D eigenvalue weighted by Gasteiger charge is -2.00. The largest absolute Gasteiger partial charge is 0.375 e. The van der Waals surface area contributed by atoms with Crippen LogP contribution in [-0.4, -0.2) is 17.5 Å². The molecule has 1 rings (SSSR count). The smallest absolute Gasteiger partial charge is 0.286 e. The molecule has 1 aromatic rings. The number of amides is 1. The minimum atomic E-state index is -0.298. The molecule has 6 heteroatoms. The number of hydrogen-bond acceptors (Lipinski definition) is 5. The molecule has 0 bridgehead atoms. The van der Waals surface area contributed by atoms with E-state index in [9.17, 15) is 4.79 Å². The van der Waals surface area contributed by atoms with Crippen LogP contribution in [0.15, 0.2) is 0 Å². The van der Waals surface area contributed by atoms with Crippen LogP contribution >= 0.6 is 11.3 Å². The van der Waals surface area contributed by atoms with Crippen LogP contribution in [0.4, 0.5) is 5.13 Å². The number of aryl methyl sites for hydroxylation is 1. The molecule has 0 aliphatic rings. The van der Waals surface area contributed by atoms with Crippen LogP contribution in [0.5, 0.6) is 0 Å². The summed E-state index contributed by atoms with van der Waals surface area (Å²) in [6.45, 7) is 3.95. The van der Waals surface area contributed by atoms with E-state index in [0.717, 1.165) is 11.3 Å². The standard InChI is InChI=1S/C7H11N3O2S/c1-3-12-10-6(11)5-4(2)9-7(8)13-5/h3H2,1-2H3,(H2,8,9)(H,10,11). The number of anilines is 1. The lowest BCUT2D eigenvalue weighted by atomic mass is 10.4. The molecule has 1 aromatic heterocycles. The number of aromatic nitrogens is 1. The van der Waals surface area contributed by atoms with E-state index < -0.39 is 0 Å². The maximum absolute atomic E-state index is 11.3. The fourth-order valence-corrected chi connectivity index (χ4v) is 1.53. The number of carbonyl (C=O) groups is 1. The second-order valence-corrected chi connectivity index (χ2v) is 3.36. The minimum Gasteiger partial charge on any atom is -0.375 e. The quantitative estimate of drug-likeness (QED) is 0.706. The second-order valence-electron chi connectivity index (χ2n) is 2.33. The third kappa shape index (κ3) is 2.40. The molecule has 0 spiro atoms. The number of hydrogen-bond donors (Lipinski definition) is 2. The highest BCUT2D eigenvalue weighted by molar-refractivity contribution is 7.17. The fraction of sp³-hybridized carbons (Fsp3) is 0.429.